The minimum absolute atomic E-state index is 0.107. The van der Waals surface area contributed by atoms with Crippen molar-refractivity contribution in [3.8, 4) is 5.95 Å². The summed E-state index contributed by atoms with van der Waals surface area (Å²) in [5.74, 6) is -0.742. The second-order valence-corrected chi connectivity index (χ2v) is 4.72. The van der Waals surface area contributed by atoms with E-state index >= 15 is 0 Å². The highest BCUT2D eigenvalue weighted by Gasteiger charge is 2.20. The lowest BCUT2D eigenvalue weighted by Crippen LogP contribution is -2.37. The molecule has 106 valence electrons. The molecule has 1 rings (SSSR count). The van der Waals surface area contributed by atoms with Gasteiger partial charge in [0.05, 0.1) is 13.5 Å². The normalized spacial score (nSPS) is 12.2. The zero-order chi connectivity index (χ0) is 14.4. The molecule has 0 bridgehead atoms. The molecular formula is C13H19NO5. The SMILES string of the molecule is COc1ccc(C(=O)NC(CC(=O)O)CC(C)C)o1. The van der Waals surface area contributed by atoms with Crippen LogP contribution in [0.1, 0.15) is 37.2 Å². The van der Waals surface area contributed by atoms with Crippen LogP contribution in [0, 0.1) is 5.92 Å². The Kier molecular flexibility index (Phi) is 5.41. The van der Waals surface area contributed by atoms with Crippen molar-refractivity contribution in [1.29, 1.82) is 0 Å². The number of carboxylic acids is 1. The number of amides is 1. The van der Waals surface area contributed by atoms with Crippen molar-refractivity contribution in [2.75, 3.05) is 7.11 Å². The summed E-state index contributed by atoms with van der Waals surface area (Å²) in [5, 5.41) is 11.5. The summed E-state index contributed by atoms with van der Waals surface area (Å²) in [4.78, 5) is 22.7. The van der Waals surface area contributed by atoms with E-state index in [1.807, 2.05) is 13.8 Å². The number of hydrogen-bond acceptors (Lipinski definition) is 4. The fraction of sp³-hybridized carbons (Fsp3) is 0.538. The summed E-state index contributed by atoms with van der Waals surface area (Å²) in [7, 11) is 1.44. The largest absolute Gasteiger partial charge is 0.481 e. The number of rotatable bonds is 7. The van der Waals surface area contributed by atoms with E-state index in [0.29, 0.717) is 6.42 Å². The standard InChI is InChI=1S/C13H19NO5/c1-8(2)6-9(7-11(15)16)14-13(17)10-4-5-12(18-3)19-10/h4-5,8-9H,6-7H2,1-3H3,(H,14,17)(H,15,16). The Bertz CT molecular complexity index is 438. The van der Waals surface area contributed by atoms with Gasteiger partial charge in [-0.15, -0.1) is 0 Å². The molecule has 0 radical (unpaired) electrons. The van der Waals surface area contributed by atoms with Crippen molar-refractivity contribution in [2.45, 2.75) is 32.7 Å². The van der Waals surface area contributed by atoms with E-state index in [2.05, 4.69) is 5.32 Å². The zero-order valence-corrected chi connectivity index (χ0v) is 11.3. The van der Waals surface area contributed by atoms with Crippen molar-refractivity contribution < 1.29 is 23.8 Å². The van der Waals surface area contributed by atoms with Gasteiger partial charge in [0.25, 0.3) is 11.9 Å². The summed E-state index contributed by atoms with van der Waals surface area (Å²) in [6.45, 7) is 3.94. The number of furan rings is 1. The van der Waals surface area contributed by atoms with E-state index in [0.717, 1.165) is 0 Å². The molecule has 0 aliphatic heterocycles. The van der Waals surface area contributed by atoms with E-state index in [1.54, 1.807) is 0 Å². The Morgan fingerprint density at radius 2 is 2.11 bits per heavy atom. The highest BCUT2D eigenvalue weighted by atomic mass is 16.6. The van der Waals surface area contributed by atoms with Gasteiger partial charge < -0.3 is 19.6 Å². The average Bonchev–Trinajstić information content (AvgIpc) is 2.75. The first-order valence-electron chi connectivity index (χ1n) is 6.08. The number of hydrogen-bond donors (Lipinski definition) is 2. The summed E-state index contributed by atoms with van der Waals surface area (Å²) in [6, 6.07) is 2.60. The third kappa shape index (κ3) is 5.03. The van der Waals surface area contributed by atoms with Crippen LogP contribution in [0.4, 0.5) is 0 Å². The highest BCUT2D eigenvalue weighted by Crippen LogP contribution is 2.16. The minimum atomic E-state index is -0.942. The molecule has 1 unspecified atom stereocenters. The molecule has 0 saturated carbocycles. The molecule has 1 amide bonds. The van der Waals surface area contributed by atoms with Gasteiger partial charge in [0.2, 0.25) is 0 Å². The fourth-order valence-electron chi connectivity index (χ4n) is 1.78. The number of carboxylic acid groups (broad SMARTS) is 1. The Morgan fingerprint density at radius 3 is 2.58 bits per heavy atom. The Hall–Kier alpha value is -1.98. The smallest absolute Gasteiger partial charge is 0.305 e. The Morgan fingerprint density at radius 1 is 1.42 bits per heavy atom. The van der Waals surface area contributed by atoms with Crippen molar-refractivity contribution in [1.82, 2.24) is 5.32 Å². The predicted octanol–water partition coefficient (Wildman–Crippen LogP) is 1.91. The zero-order valence-electron chi connectivity index (χ0n) is 11.3. The van der Waals surface area contributed by atoms with Gasteiger partial charge in [0, 0.05) is 12.1 Å². The topological polar surface area (TPSA) is 88.8 Å². The second kappa shape index (κ2) is 6.82. The Labute approximate surface area is 111 Å². The van der Waals surface area contributed by atoms with Gasteiger partial charge in [-0.1, -0.05) is 13.8 Å². The van der Waals surface area contributed by atoms with Crippen molar-refractivity contribution in [3.63, 3.8) is 0 Å². The fourth-order valence-corrected chi connectivity index (χ4v) is 1.78. The molecule has 6 heteroatoms. The van der Waals surface area contributed by atoms with Gasteiger partial charge in [0.1, 0.15) is 0 Å². The summed E-state index contributed by atoms with van der Waals surface area (Å²) in [6.07, 6.45) is 0.484. The summed E-state index contributed by atoms with van der Waals surface area (Å²) < 4.78 is 9.96. The molecule has 1 aromatic rings. The number of ether oxygens (including phenoxy) is 1. The minimum Gasteiger partial charge on any atom is -0.481 e. The molecule has 0 fully saturated rings. The van der Waals surface area contributed by atoms with Crippen LogP contribution >= 0.6 is 0 Å². The maximum absolute atomic E-state index is 11.9. The lowest BCUT2D eigenvalue weighted by Gasteiger charge is -2.18. The second-order valence-electron chi connectivity index (χ2n) is 4.72. The average molecular weight is 269 g/mol. The van der Waals surface area contributed by atoms with Gasteiger partial charge in [-0.05, 0) is 18.4 Å². The number of carbonyl (C=O) groups is 2. The highest BCUT2D eigenvalue weighted by molar-refractivity contribution is 5.92. The van der Waals surface area contributed by atoms with Crippen LogP contribution in [0.5, 0.6) is 5.95 Å². The lowest BCUT2D eigenvalue weighted by molar-refractivity contribution is -0.137. The van der Waals surface area contributed by atoms with E-state index < -0.39 is 17.9 Å². The molecule has 19 heavy (non-hydrogen) atoms. The third-order valence-corrected chi connectivity index (χ3v) is 2.52. The van der Waals surface area contributed by atoms with Crippen molar-refractivity contribution >= 4 is 11.9 Å². The third-order valence-electron chi connectivity index (χ3n) is 2.52. The van der Waals surface area contributed by atoms with Crippen LogP contribution in [0.2, 0.25) is 0 Å². The molecule has 0 aromatic carbocycles. The van der Waals surface area contributed by atoms with Crippen molar-refractivity contribution in [3.05, 3.63) is 17.9 Å². The van der Waals surface area contributed by atoms with Gasteiger partial charge in [0.15, 0.2) is 5.76 Å². The van der Waals surface area contributed by atoms with E-state index in [-0.39, 0.29) is 24.0 Å². The molecule has 6 nitrogen and oxygen atoms in total. The monoisotopic (exact) mass is 269 g/mol. The number of nitrogens with one attached hydrogen (secondary N) is 1. The van der Waals surface area contributed by atoms with E-state index in [1.165, 1.54) is 19.2 Å². The molecule has 2 N–H and O–H groups in total. The number of aliphatic carboxylic acids is 1. The molecular weight excluding hydrogens is 250 g/mol. The maximum atomic E-state index is 11.9. The van der Waals surface area contributed by atoms with E-state index in [9.17, 15) is 9.59 Å². The first-order valence-corrected chi connectivity index (χ1v) is 6.08. The quantitative estimate of drug-likeness (QED) is 0.789. The van der Waals surface area contributed by atoms with Crippen LogP contribution in [-0.4, -0.2) is 30.1 Å². The maximum Gasteiger partial charge on any atom is 0.305 e. The predicted molar refractivity (Wildman–Crippen MR) is 68.2 cm³/mol. The number of carbonyl (C=O) groups excluding carboxylic acids is 1. The molecule has 1 atom stereocenters. The van der Waals surface area contributed by atoms with Crippen LogP contribution < -0.4 is 10.1 Å². The van der Waals surface area contributed by atoms with Crippen LogP contribution in [0.25, 0.3) is 0 Å². The van der Waals surface area contributed by atoms with Gasteiger partial charge in [-0.2, -0.15) is 0 Å². The molecule has 0 aliphatic carbocycles. The van der Waals surface area contributed by atoms with Crippen LogP contribution in [0.3, 0.4) is 0 Å². The Balaban J connectivity index is 2.66. The van der Waals surface area contributed by atoms with Crippen LogP contribution in [0.15, 0.2) is 16.5 Å². The molecule has 1 aromatic heterocycles. The molecule has 0 spiro atoms. The van der Waals surface area contributed by atoms with Crippen LogP contribution in [-0.2, 0) is 4.79 Å². The molecule has 0 saturated heterocycles. The molecule has 1 heterocycles. The summed E-state index contributed by atoms with van der Waals surface area (Å²) in [5.41, 5.74) is 0. The number of methoxy groups -OCH3 is 1. The molecule has 0 aliphatic rings. The van der Waals surface area contributed by atoms with Gasteiger partial charge >= 0.3 is 5.97 Å². The summed E-state index contributed by atoms with van der Waals surface area (Å²) >= 11 is 0. The lowest BCUT2D eigenvalue weighted by atomic mass is 10.0. The van der Waals surface area contributed by atoms with Gasteiger partial charge in [-0.3, -0.25) is 9.59 Å². The first-order chi connectivity index (χ1) is 8.92. The van der Waals surface area contributed by atoms with Crippen molar-refractivity contribution in [2.24, 2.45) is 5.92 Å². The van der Waals surface area contributed by atoms with E-state index in [4.69, 9.17) is 14.3 Å². The first kappa shape index (κ1) is 15.1. The van der Waals surface area contributed by atoms with Gasteiger partial charge in [-0.25, -0.2) is 0 Å².